The van der Waals surface area contributed by atoms with Gasteiger partial charge in [0.1, 0.15) is 12.6 Å². The maximum absolute atomic E-state index is 10.6. The zero-order chi connectivity index (χ0) is 42.7. The van der Waals surface area contributed by atoms with Crippen molar-refractivity contribution in [3.63, 3.8) is 0 Å². The molecule has 1 unspecified atom stereocenters. The molecular formula is C45H87ClN2O3S. The molecule has 5 nitrogen and oxygen atoms in total. The number of benzene rings is 1. The van der Waals surface area contributed by atoms with E-state index < -0.39 is 0 Å². The Labute approximate surface area is 335 Å². The van der Waals surface area contributed by atoms with Crippen LogP contribution >= 0.6 is 23.4 Å². The Bertz CT molecular complexity index is 952. The minimum absolute atomic E-state index is 0.0863. The molecule has 1 aliphatic rings. The summed E-state index contributed by atoms with van der Waals surface area (Å²) in [4.78, 5) is 36.6. The molecule has 0 spiro atoms. The monoisotopic (exact) mass is 771 g/mol. The molecule has 52 heavy (non-hydrogen) atoms. The fourth-order valence-corrected chi connectivity index (χ4v) is 4.63. The number of hydrogen-bond donors (Lipinski definition) is 0. The van der Waals surface area contributed by atoms with E-state index in [1.165, 1.54) is 82.5 Å². The lowest BCUT2D eigenvalue weighted by atomic mass is 10.00. The summed E-state index contributed by atoms with van der Waals surface area (Å²) in [5, 5.41) is 0.444. The summed E-state index contributed by atoms with van der Waals surface area (Å²) in [6, 6.07) is 6.64. The van der Waals surface area contributed by atoms with Gasteiger partial charge in [-0.15, -0.1) is 36.2 Å². The third-order valence-electron chi connectivity index (χ3n) is 7.14. The average Bonchev–Trinajstić information content (AvgIpc) is 3.15. The number of hydrogen-bond acceptors (Lipinski definition) is 6. The van der Waals surface area contributed by atoms with Crippen LogP contribution in [0.4, 0.5) is 0 Å². The topological polar surface area (TPSA) is 57.7 Å². The number of aldehydes is 2. The molecule has 0 aliphatic carbocycles. The lowest BCUT2D eigenvalue weighted by molar-refractivity contribution is -0.114. The van der Waals surface area contributed by atoms with Gasteiger partial charge in [-0.05, 0) is 91.7 Å². The third kappa shape index (κ3) is 48.1. The van der Waals surface area contributed by atoms with Gasteiger partial charge in [-0.3, -0.25) is 9.59 Å². The summed E-state index contributed by atoms with van der Waals surface area (Å²) in [7, 11) is 2.28. The first-order valence-corrected chi connectivity index (χ1v) is 21.2. The van der Waals surface area contributed by atoms with Gasteiger partial charge in [-0.2, -0.15) is 0 Å². The Hall–Kier alpha value is -1.91. The first-order valence-electron chi connectivity index (χ1n) is 19.7. The van der Waals surface area contributed by atoms with E-state index in [0.29, 0.717) is 5.21 Å². The van der Waals surface area contributed by atoms with Crippen molar-refractivity contribution in [2.45, 2.75) is 163 Å². The fourth-order valence-electron chi connectivity index (χ4n) is 3.79. The maximum atomic E-state index is 10.6. The molecule has 7 heteroatoms. The van der Waals surface area contributed by atoms with E-state index in [0.717, 1.165) is 40.6 Å². The van der Waals surface area contributed by atoms with Crippen LogP contribution in [0.15, 0.2) is 29.2 Å². The number of carbonyl (C=O) groups excluding carboxylic acids is 3. The smallest absolute Gasteiger partial charge is 0.165 e. The van der Waals surface area contributed by atoms with Gasteiger partial charge in [0.05, 0.1) is 5.21 Å². The van der Waals surface area contributed by atoms with Gasteiger partial charge in [0, 0.05) is 21.9 Å². The van der Waals surface area contributed by atoms with E-state index in [-0.39, 0.29) is 11.2 Å². The Morgan fingerprint density at radius 1 is 1.00 bits per heavy atom. The summed E-state index contributed by atoms with van der Waals surface area (Å²) in [5.41, 5.74) is 2.89. The highest BCUT2D eigenvalue weighted by molar-refractivity contribution is 8.04. The van der Waals surface area contributed by atoms with Gasteiger partial charge in [-0.1, -0.05) is 140 Å². The maximum Gasteiger partial charge on any atom is 0.165 e. The summed E-state index contributed by atoms with van der Waals surface area (Å²) in [6.45, 7) is 41.1. The molecule has 2 rings (SSSR count). The Morgan fingerprint density at radius 3 is 1.73 bits per heavy atom. The number of piperidine rings is 1. The van der Waals surface area contributed by atoms with Gasteiger partial charge in [0.15, 0.2) is 5.78 Å². The van der Waals surface area contributed by atoms with Crippen LogP contribution < -0.4 is 0 Å². The van der Waals surface area contributed by atoms with Crippen molar-refractivity contribution in [3.8, 4) is 12.8 Å². The molecule has 0 N–H and O–H groups in total. The highest BCUT2D eigenvalue weighted by atomic mass is 35.5. The molecule has 1 atom stereocenters. The molecular weight excluding hydrogens is 684 g/mol. The number of alkyl halides is 1. The highest BCUT2D eigenvalue weighted by Gasteiger charge is 2.18. The van der Waals surface area contributed by atoms with Crippen LogP contribution in [0.25, 0.3) is 0 Å². The summed E-state index contributed by atoms with van der Waals surface area (Å²) >= 11 is 6.75. The SMILES string of the molecule is C#C.C/C=C(\SCCl)C(C)=O.CC.CC.CC.CC(C)(C)C=O.CCC(C)C.CCN(CC)CCC1CCCCN1C.Cc1ccc(C=O)c(C)c1. The summed E-state index contributed by atoms with van der Waals surface area (Å²) in [6.07, 6.45) is 18.5. The van der Waals surface area contributed by atoms with Crippen LogP contribution in [0.3, 0.4) is 0 Å². The molecule has 0 aromatic heterocycles. The quantitative estimate of drug-likeness (QED) is 0.102. The van der Waals surface area contributed by atoms with Gasteiger partial charge < -0.3 is 14.6 Å². The molecule has 1 aliphatic heterocycles. The Balaban J connectivity index is -0.0000000960. The van der Waals surface area contributed by atoms with Crippen molar-refractivity contribution in [2.24, 2.45) is 11.3 Å². The zero-order valence-corrected chi connectivity index (χ0v) is 39.3. The summed E-state index contributed by atoms with van der Waals surface area (Å²) < 4.78 is 0. The number of nitrogens with zero attached hydrogens (tertiary/aromatic N) is 2. The average molecular weight is 772 g/mol. The number of rotatable bonds is 10. The van der Waals surface area contributed by atoms with Crippen molar-refractivity contribution < 1.29 is 14.4 Å². The first kappa shape index (κ1) is 65.0. The predicted octanol–water partition coefficient (Wildman–Crippen LogP) is 13.3. The Morgan fingerprint density at radius 2 is 1.46 bits per heavy atom. The largest absolute Gasteiger partial charge is 0.304 e. The van der Waals surface area contributed by atoms with E-state index in [1.54, 1.807) is 6.08 Å². The second-order valence-corrected chi connectivity index (χ2v) is 14.3. The van der Waals surface area contributed by atoms with Crippen LogP contribution in [-0.4, -0.2) is 72.6 Å². The van der Waals surface area contributed by atoms with E-state index in [1.807, 2.05) is 101 Å². The van der Waals surface area contributed by atoms with E-state index >= 15 is 0 Å². The minimum atomic E-state index is -0.139. The lowest BCUT2D eigenvalue weighted by Crippen LogP contribution is -2.39. The molecule has 1 aromatic carbocycles. The molecule has 0 radical (unpaired) electrons. The third-order valence-corrected chi connectivity index (χ3v) is 8.41. The second kappa shape index (κ2) is 49.1. The molecule has 1 fully saturated rings. The standard InChI is InChI=1S/C12H26N2.C9H10O.C6H9ClOS.C5H10O.C5H12.3C2H6.C2H2/c1-4-14(5-2)11-9-12-8-6-7-10-13(12)3;1-7-3-4-9(6-10)8(2)5-7;1-3-6(5(2)8)9-4-7;1-5(2,3)4-6;1-4-5(2)3;4*1-2/h12H,4-11H2,1-3H3;3-6H,1-2H3;3H,4H2,1-2H3;4H,1-3H3;5H,4H2,1-3H3;3*1-2H3;1-2H/b;;6-3-;;;;;;. The molecule has 308 valence electrons. The van der Waals surface area contributed by atoms with Gasteiger partial charge in [0.25, 0.3) is 0 Å². The van der Waals surface area contributed by atoms with Crippen molar-refractivity contribution in [1.82, 2.24) is 9.80 Å². The molecule has 0 saturated carbocycles. The molecule has 1 saturated heterocycles. The van der Waals surface area contributed by atoms with Crippen LogP contribution in [0.2, 0.25) is 0 Å². The van der Waals surface area contributed by atoms with E-state index in [9.17, 15) is 14.4 Å². The number of thioether (sulfide) groups is 1. The van der Waals surface area contributed by atoms with Crippen LogP contribution in [0, 0.1) is 38.0 Å². The van der Waals surface area contributed by atoms with Crippen molar-refractivity contribution in [3.05, 3.63) is 45.9 Å². The lowest BCUT2D eigenvalue weighted by Gasteiger charge is -2.33. The number of terminal acetylenes is 1. The van der Waals surface area contributed by atoms with Crippen LogP contribution in [-0.2, 0) is 9.59 Å². The number of Topliss-reactive ketones (excluding diaryl/α,β-unsaturated/α-hetero) is 1. The van der Waals surface area contributed by atoms with Crippen molar-refractivity contribution in [1.29, 1.82) is 0 Å². The highest BCUT2D eigenvalue weighted by Crippen LogP contribution is 2.18. The fraction of sp³-hybridized carbons (Fsp3) is 0.711. The molecule has 1 heterocycles. The number of ketones is 1. The van der Waals surface area contributed by atoms with E-state index in [4.69, 9.17) is 11.6 Å². The van der Waals surface area contributed by atoms with E-state index in [2.05, 4.69) is 64.3 Å². The zero-order valence-electron chi connectivity index (χ0n) is 37.7. The van der Waals surface area contributed by atoms with Crippen molar-refractivity contribution in [2.75, 3.05) is 38.4 Å². The molecule has 0 amide bonds. The van der Waals surface area contributed by atoms with Crippen LogP contribution in [0.1, 0.15) is 164 Å². The van der Waals surface area contributed by atoms with Gasteiger partial charge in [0.2, 0.25) is 0 Å². The minimum Gasteiger partial charge on any atom is -0.304 e. The number of halogens is 1. The number of likely N-dealkylation sites (tertiary alicyclic amines) is 1. The number of allylic oxidation sites excluding steroid dienone is 2. The number of carbonyl (C=O) groups is 3. The first-order chi connectivity index (χ1) is 24.6. The van der Waals surface area contributed by atoms with Crippen molar-refractivity contribution >= 4 is 41.7 Å². The van der Waals surface area contributed by atoms with Gasteiger partial charge in [-0.25, -0.2) is 0 Å². The molecule has 1 aromatic rings. The van der Waals surface area contributed by atoms with Crippen LogP contribution in [0.5, 0.6) is 0 Å². The summed E-state index contributed by atoms with van der Waals surface area (Å²) in [5.74, 6) is 0.971. The normalized spacial score (nSPS) is 13.0. The number of aryl methyl sites for hydroxylation is 2. The second-order valence-electron chi connectivity index (χ2n) is 12.7. The van der Waals surface area contributed by atoms with Gasteiger partial charge >= 0.3 is 0 Å². The Kier molecular flexibility index (Phi) is 61.4. The predicted molar refractivity (Wildman–Crippen MR) is 241 cm³/mol. The molecule has 0 bridgehead atoms.